The number of aromatic nitrogens is 1. The molecule has 0 saturated carbocycles. The van der Waals surface area contributed by atoms with Gasteiger partial charge in [0.2, 0.25) is 11.8 Å². The fraction of sp³-hybridized carbons (Fsp3) is 0.471. The molecular weight excluding hydrogens is 546 g/mol. The lowest BCUT2D eigenvalue weighted by Gasteiger charge is -2.35. The molecule has 0 spiro atoms. The molecule has 2 unspecified atom stereocenters. The van der Waals surface area contributed by atoms with Gasteiger partial charge in [0.15, 0.2) is 0 Å². The van der Waals surface area contributed by atoms with E-state index in [1.807, 2.05) is 54.0 Å². The summed E-state index contributed by atoms with van der Waals surface area (Å²) in [5, 5.41) is 4.03. The van der Waals surface area contributed by atoms with Crippen molar-refractivity contribution >= 4 is 34.7 Å². The van der Waals surface area contributed by atoms with Crippen molar-refractivity contribution in [1.29, 1.82) is 0 Å². The molecule has 9 nitrogen and oxygen atoms in total. The van der Waals surface area contributed by atoms with Gasteiger partial charge in [0.25, 0.3) is 0 Å². The van der Waals surface area contributed by atoms with E-state index in [4.69, 9.17) is 9.47 Å². The summed E-state index contributed by atoms with van der Waals surface area (Å²) < 4.78 is 12.6. The molecular formula is C34H45N3O6. The van der Waals surface area contributed by atoms with Gasteiger partial charge >= 0.3 is 11.9 Å². The van der Waals surface area contributed by atoms with E-state index in [9.17, 15) is 19.2 Å². The smallest absolute Gasteiger partial charge is 0.308 e. The van der Waals surface area contributed by atoms with Gasteiger partial charge in [0.05, 0.1) is 0 Å². The van der Waals surface area contributed by atoms with E-state index in [1.54, 1.807) is 31.0 Å². The van der Waals surface area contributed by atoms with Crippen LogP contribution in [0.2, 0.25) is 0 Å². The molecule has 1 aromatic heterocycles. The maximum atomic E-state index is 13.8. The van der Waals surface area contributed by atoms with Gasteiger partial charge in [-0.1, -0.05) is 44.9 Å². The molecule has 0 bridgehead atoms. The van der Waals surface area contributed by atoms with Gasteiger partial charge < -0.3 is 24.3 Å². The van der Waals surface area contributed by atoms with Crippen LogP contribution in [0.25, 0.3) is 22.2 Å². The molecule has 1 heterocycles. The summed E-state index contributed by atoms with van der Waals surface area (Å²) in [5.74, 6) is -0.800. The predicted molar refractivity (Wildman–Crippen MR) is 167 cm³/mol. The normalized spacial score (nSPS) is 13.2. The number of hydrogen-bond donors (Lipinski definition) is 1. The quantitative estimate of drug-likeness (QED) is 0.175. The highest BCUT2D eigenvalue weighted by molar-refractivity contribution is 5.93. The molecule has 0 radical (unpaired) electrons. The van der Waals surface area contributed by atoms with Crippen LogP contribution in [0.1, 0.15) is 73.1 Å². The number of amides is 2. The van der Waals surface area contributed by atoms with Crippen molar-refractivity contribution in [3.63, 3.8) is 0 Å². The number of nitrogens with zero attached hydrogens (tertiary/aromatic N) is 2. The Labute approximate surface area is 254 Å². The fourth-order valence-corrected chi connectivity index (χ4v) is 5.38. The van der Waals surface area contributed by atoms with Crippen molar-refractivity contribution < 1.29 is 28.7 Å². The number of esters is 2. The summed E-state index contributed by atoms with van der Waals surface area (Å²) in [6.07, 6.45) is 3.74. The standard InChI is InChI=1S/C34H45N3O6/c1-7-9-21-36(6)33(41)34(5,20-19-28(12-8-2)42-24(3)38)35-32(40)23-37-30-14-11-10-13-27(30)22-31(37)26-15-17-29(18-16-26)43-25(4)39/h10-11,13-18,22,28H,7-9,12,19-21,23H2,1-6H3,(H,35,40). The number of benzene rings is 2. The maximum absolute atomic E-state index is 13.8. The molecule has 3 rings (SSSR count). The number of carbonyl (C=O) groups excluding carboxylic acids is 4. The highest BCUT2D eigenvalue weighted by Gasteiger charge is 2.37. The Morgan fingerprint density at radius 2 is 1.65 bits per heavy atom. The Bertz CT molecular complexity index is 1410. The number of fused-ring (bicyclic) bond motifs is 1. The summed E-state index contributed by atoms with van der Waals surface area (Å²) in [6.45, 7) is 9.15. The van der Waals surface area contributed by atoms with Crippen molar-refractivity contribution in [2.45, 2.75) is 91.3 Å². The first-order valence-corrected chi connectivity index (χ1v) is 15.1. The van der Waals surface area contributed by atoms with E-state index in [0.29, 0.717) is 31.6 Å². The lowest BCUT2D eigenvalue weighted by atomic mass is 9.91. The highest BCUT2D eigenvalue weighted by atomic mass is 16.5. The van der Waals surface area contributed by atoms with Gasteiger partial charge in [0, 0.05) is 44.0 Å². The predicted octanol–water partition coefficient (Wildman–Crippen LogP) is 5.88. The first-order valence-electron chi connectivity index (χ1n) is 15.1. The Hall–Kier alpha value is -4.14. The van der Waals surface area contributed by atoms with Crippen LogP contribution in [0.4, 0.5) is 0 Å². The van der Waals surface area contributed by atoms with Crippen LogP contribution in [0.3, 0.4) is 0 Å². The summed E-state index contributed by atoms with van der Waals surface area (Å²) >= 11 is 0. The molecule has 2 aromatic carbocycles. The average molecular weight is 592 g/mol. The minimum Gasteiger partial charge on any atom is -0.463 e. The third-order valence-corrected chi connectivity index (χ3v) is 7.51. The highest BCUT2D eigenvalue weighted by Crippen LogP contribution is 2.30. The molecule has 0 aliphatic heterocycles. The molecule has 43 heavy (non-hydrogen) atoms. The zero-order valence-electron chi connectivity index (χ0n) is 26.3. The Balaban J connectivity index is 1.91. The van der Waals surface area contributed by atoms with Crippen LogP contribution in [-0.2, 0) is 30.5 Å². The lowest BCUT2D eigenvalue weighted by molar-refractivity contribution is -0.148. The van der Waals surface area contributed by atoms with Gasteiger partial charge in [-0.15, -0.1) is 0 Å². The lowest BCUT2D eigenvalue weighted by Crippen LogP contribution is -2.58. The molecule has 2 amide bonds. The van der Waals surface area contributed by atoms with Crippen molar-refractivity contribution in [3.8, 4) is 17.0 Å². The van der Waals surface area contributed by atoms with E-state index in [2.05, 4.69) is 12.2 Å². The second-order valence-corrected chi connectivity index (χ2v) is 11.3. The first-order chi connectivity index (χ1) is 20.5. The molecule has 0 aliphatic rings. The van der Waals surface area contributed by atoms with Gasteiger partial charge in [-0.2, -0.15) is 0 Å². The fourth-order valence-electron chi connectivity index (χ4n) is 5.38. The van der Waals surface area contributed by atoms with E-state index in [1.165, 1.54) is 13.8 Å². The van der Waals surface area contributed by atoms with Crippen LogP contribution >= 0.6 is 0 Å². The van der Waals surface area contributed by atoms with E-state index in [0.717, 1.165) is 41.4 Å². The number of likely N-dealkylation sites (N-methyl/N-ethyl adjacent to an activating group) is 1. The van der Waals surface area contributed by atoms with E-state index >= 15 is 0 Å². The SMILES string of the molecule is CCCCN(C)C(=O)C(C)(CCC(CCC)OC(C)=O)NC(=O)Cn1c(-c2ccc(OC(C)=O)cc2)cc2ccccc21. The summed E-state index contributed by atoms with van der Waals surface area (Å²) in [4.78, 5) is 52.3. The van der Waals surface area contributed by atoms with Gasteiger partial charge in [-0.05, 0) is 74.6 Å². The second kappa shape index (κ2) is 15.4. The van der Waals surface area contributed by atoms with Crippen molar-refractivity contribution in [1.82, 2.24) is 14.8 Å². The topological polar surface area (TPSA) is 107 Å². The summed E-state index contributed by atoms with van der Waals surface area (Å²) in [5.41, 5.74) is 1.35. The number of nitrogens with one attached hydrogen (secondary N) is 1. The summed E-state index contributed by atoms with van der Waals surface area (Å²) in [6, 6.07) is 17.0. The molecule has 9 heteroatoms. The second-order valence-electron chi connectivity index (χ2n) is 11.3. The molecule has 0 aliphatic carbocycles. The van der Waals surface area contributed by atoms with E-state index < -0.39 is 11.5 Å². The Morgan fingerprint density at radius 3 is 2.28 bits per heavy atom. The van der Waals surface area contributed by atoms with Crippen LogP contribution < -0.4 is 10.1 Å². The van der Waals surface area contributed by atoms with Crippen LogP contribution in [0, 0.1) is 0 Å². The number of para-hydroxylation sites is 1. The monoisotopic (exact) mass is 591 g/mol. The van der Waals surface area contributed by atoms with Crippen molar-refractivity contribution in [3.05, 3.63) is 54.6 Å². The van der Waals surface area contributed by atoms with Gasteiger partial charge in [-0.25, -0.2) is 0 Å². The minimum atomic E-state index is -1.19. The Morgan fingerprint density at radius 1 is 0.953 bits per heavy atom. The maximum Gasteiger partial charge on any atom is 0.308 e. The third-order valence-electron chi connectivity index (χ3n) is 7.51. The van der Waals surface area contributed by atoms with Gasteiger partial charge in [-0.3, -0.25) is 19.2 Å². The van der Waals surface area contributed by atoms with E-state index in [-0.39, 0.29) is 30.4 Å². The number of carbonyl (C=O) groups is 4. The number of unbranched alkanes of at least 4 members (excludes halogenated alkanes) is 1. The number of rotatable bonds is 15. The molecule has 0 fully saturated rings. The molecule has 2 atom stereocenters. The first kappa shape index (κ1) is 33.4. The average Bonchev–Trinajstić information content (AvgIpc) is 3.32. The van der Waals surface area contributed by atoms with Crippen molar-refractivity contribution in [2.75, 3.05) is 13.6 Å². The zero-order chi connectivity index (χ0) is 31.6. The number of ether oxygens (including phenoxy) is 2. The largest absolute Gasteiger partial charge is 0.463 e. The molecule has 1 N–H and O–H groups in total. The van der Waals surface area contributed by atoms with Crippen LogP contribution in [-0.4, -0.2) is 58.5 Å². The molecule has 232 valence electrons. The Kier molecular flexibility index (Phi) is 11.9. The minimum absolute atomic E-state index is 0.0155. The zero-order valence-corrected chi connectivity index (χ0v) is 26.3. The number of hydrogen-bond acceptors (Lipinski definition) is 6. The molecule has 0 saturated heterocycles. The van der Waals surface area contributed by atoms with Crippen molar-refractivity contribution in [2.24, 2.45) is 0 Å². The molecule has 3 aromatic rings. The van der Waals surface area contributed by atoms with Crippen LogP contribution in [0.15, 0.2) is 54.6 Å². The summed E-state index contributed by atoms with van der Waals surface area (Å²) in [7, 11) is 1.76. The third kappa shape index (κ3) is 9.17. The van der Waals surface area contributed by atoms with Crippen LogP contribution in [0.5, 0.6) is 5.75 Å². The van der Waals surface area contributed by atoms with Gasteiger partial charge in [0.1, 0.15) is 23.9 Å².